The standard InChI is InChI=1S/C19H17Cl2N5O/c20-14-5-1-12(17(21)11-14)4-10-18(27)22-15-6-2-13(3-7-15)19-23-24-25-26(19)16-8-9-16/h1-3,5-7,11,16H,4,8-10H2,(H,22,27). The Morgan fingerprint density at radius 1 is 1.15 bits per heavy atom. The molecule has 4 rings (SSSR count). The molecular weight excluding hydrogens is 385 g/mol. The molecule has 1 saturated carbocycles. The number of carbonyl (C=O) groups excluding carboxylic acids is 1. The Hall–Kier alpha value is -2.44. The molecule has 1 aliphatic rings. The van der Waals surface area contributed by atoms with E-state index in [2.05, 4.69) is 20.8 Å². The van der Waals surface area contributed by atoms with Crippen LogP contribution in [0.1, 0.15) is 30.9 Å². The smallest absolute Gasteiger partial charge is 0.224 e. The van der Waals surface area contributed by atoms with E-state index in [9.17, 15) is 4.79 Å². The lowest BCUT2D eigenvalue weighted by Crippen LogP contribution is -2.12. The zero-order valence-electron chi connectivity index (χ0n) is 14.4. The first kappa shape index (κ1) is 17.9. The second kappa shape index (κ2) is 7.66. The molecule has 1 fully saturated rings. The number of amides is 1. The van der Waals surface area contributed by atoms with Crippen molar-refractivity contribution < 1.29 is 4.79 Å². The van der Waals surface area contributed by atoms with Crippen LogP contribution in [0, 0.1) is 0 Å². The molecule has 1 aromatic heterocycles. The second-order valence-electron chi connectivity index (χ2n) is 6.54. The average molecular weight is 402 g/mol. The number of benzene rings is 2. The van der Waals surface area contributed by atoms with Crippen LogP contribution in [-0.4, -0.2) is 26.1 Å². The Balaban J connectivity index is 1.36. The Labute approximate surface area is 166 Å². The zero-order valence-corrected chi connectivity index (χ0v) is 15.9. The van der Waals surface area contributed by atoms with E-state index in [0.29, 0.717) is 28.9 Å². The van der Waals surface area contributed by atoms with Crippen LogP contribution in [0.3, 0.4) is 0 Å². The normalized spacial score (nSPS) is 13.6. The lowest BCUT2D eigenvalue weighted by atomic mass is 10.1. The molecule has 0 radical (unpaired) electrons. The third-order valence-electron chi connectivity index (χ3n) is 4.45. The minimum absolute atomic E-state index is 0.0726. The third-order valence-corrected chi connectivity index (χ3v) is 5.04. The Morgan fingerprint density at radius 3 is 2.63 bits per heavy atom. The van der Waals surface area contributed by atoms with Gasteiger partial charge in [-0.25, -0.2) is 4.68 Å². The van der Waals surface area contributed by atoms with Gasteiger partial charge in [-0.1, -0.05) is 29.3 Å². The van der Waals surface area contributed by atoms with E-state index in [1.807, 2.05) is 35.0 Å². The number of aryl methyl sites for hydroxylation is 1. The van der Waals surface area contributed by atoms with Gasteiger partial charge >= 0.3 is 0 Å². The molecule has 1 heterocycles. The number of aromatic nitrogens is 4. The third kappa shape index (κ3) is 4.28. The fourth-order valence-corrected chi connectivity index (χ4v) is 3.35. The maximum Gasteiger partial charge on any atom is 0.224 e. The van der Waals surface area contributed by atoms with Gasteiger partial charge in [0.15, 0.2) is 5.82 Å². The van der Waals surface area contributed by atoms with Gasteiger partial charge in [0.1, 0.15) is 0 Å². The molecule has 138 valence electrons. The number of tetrazole rings is 1. The molecule has 0 unspecified atom stereocenters. The summed E-state index contributed by atoms with van der Waals surface area (Å²) in [6, 6.07) is 13.2. The van der Waals surface area contributed by atoms with E-state index < -0.39 is 0 Å². The molecule has 6 nitrogen and oxygen atoms in total. The van der Waals surface area contributed by atoms with Gasteiger partial charge in [-0.15, -0.1) is 5.10 Å². The number of nitrogens with one attached hydrogen (secondary N) is 1. The first-order valence-electron chi connectivity index (χ1n) is 8.72. The van der Waals surface area contributed by atoms with E-state index >= 15 is 0 Å². The van der Waals surface area contributed by atoms with Gasteiger partial charge in [0, 0.05) is 27.7 Å². The highest BCUT2D eigenvalue weighted by molar-refractivity contribution is 6.35. The summed E-state index contributed by atoms with van der Waals surface area (Å²) in [6.07, 6.45) is 3.12. The number of halogens is 2. The van der Waals surface area contributed by atoms with Crippen molar-refractivity contribution in [3.63, 3.8) is 0 Å². The largest absolute Gasteiger partial charge is 0.326 e. The molecule has 0 aliphatic heterocycles. The van der Waals surface area contributed by atoms with E-state index in [-0.39, 0.29) is 5.91 Å². The van der Waals surface area contributed by atoms with Crippen molar-refractivity contribution in [3.8, 4) is 11.4 Å². The van der Waals surface area contributed by atoms with Gasteiger partial charge in [0.25, 0.3) is 0 Å². The Bertz CT molecular complexity index is 966. The Morgan fingerprint density at radius 2 is 1.93 bits per heavy atom. The number of hydrogen-bond acceptors (Lipinski definition) is 4. The van der Waals surface area contributed by atoms with Crippen molar-refractivity contribution in [2.24, 2.45) is 0 Å². The van der Waals surface area contributed by atoms with Crippen molar-refractivity contribution in [2.45, 2.75) is 31.7 Å². The van der Waals surface area contributed by atoms with Crippen LogP contribution in [0.4, 0.5) is 5.69 Å². The van der Waals surface area contributed by atoms with Crippen LogP contribution < -0.4 is 5.32 Å². The highest BCUT2D eigenvalue weighted by Gasteiger charge is 2.28. The van der Waals surface area contributed by atoms with Gasteiger partial charge in [-0.2, -0.15) is 0 Å². The molecule has 0 saturated heterocycles. The molecule has 0 atom stereocenters. The molecule has 0 spiro atoms. The summed E-state index contributed by atoms with van der Waals surface area (Å²) in [5.74, 6) is 0.685. The maximum atomic E-state index is 12.2. The summed E-state index contributed by atoms with van der Waals surface area (Å²) < 4.78 is 1.86. The van der Waals surface area contributed by atoms with Crippen LogP contribution in [0.25, 0.3) is 11.4 Å². The van der Waals surface area contributed by atoms with Gasteiger partial charge in [0.05, 0.1) is 6.04 Å². The van der Waals surface area contributed by atoms with Gasteiger partial charge in [-0.3, -0.25) is 4.79 Å². The molecular formula is C19H17Cl2N5O. The van der Waals surface area contributed by atoms with Crippen molar-refractivity contribution in [1.82, 2.24) is 20.2 Å². The summed E-state index contributed by atoms with van der Waals surface area (Å²) in [5, 5.41) is 16.0. The average Bonchev–Trinajstić information content (AvgIpc) is 3.38. The van der Waals surface area contributed by atoms with E-state index in [1.165, 1.54) is 0 Å². The van der Waals surface area contributed by atoms with Crippen LogP contribution in [-0.2, 0) is 11.2 Å². The Kier molecular flexibility index (Phi) is 5.09. The fourth-order valence-electron chi connectivity index (χ4n) is 2.85. The van der Waals surface area contributed by atoms with E-state index in [1.54, 1.807) is 12.1 Å². The van der Waals surface area contributed by atoms with E-state index in [4.69, 9.17) is 23.2 Å². The van der Waals surface area contributed by atoms with Gasteiger partial charge in [-0.05, 0) is 71.7 Å². The zero-order chi connectivity index (χ0) is 18.8. The fraction of sp³-hybridized carbons (Fsp3) is 0.263. The topological polar surface area (TPSA) is 72.7 Å². The number of rotatable bonds is 6. The van der Waals surface area contributed by atoms with Crippen LogP contribution in [0.5, 0.6) is 0 Å². The summed E-state index contributed by atoms with van der Waals surface area (Å²) in [6.45, 7) is 0. The highest BCUT2D eigenvalue weighted by atomic mass is 35.5. The predicted molar refractivity (Wildman–Crippen MR) is 105 cm³/mol. The van der Waals surface area contributed by atoms with Crippen molar-refractivity contribution in [1.29, 1.82) is 0 Å². The monoisotopic (exact) mass is 401 g/mol. The minimum atomic E-state index is -0.0726. The van der Waals surface area contributed by atoms with Crippen molar-refractivity contribution in [2.75, 3.05) is 5.32 Å². The summed E-state index contributed by atoms with van der Waals surface area (Å²) >= 11 is 12.0. The first-order valence-corrected chi connectivity index (χ1v) is 9.48. The molecule has 8 heteroatoms. The van der Waals surface area contributed by atoms with Crippen LogP contribution in [0.2, 0.25) is 10.0 Å². The molecule has 1 aliphatic carbocycles. The molecule has 2 aromatic carbocycles. The van der Waals surface area contributed by atoms with Crippen molar-refractivity contribution in [3.05, 3.63) is 58.1 Å². The lowest BCUT2D eigenvalue weighted by Gasteiger charge is -2.08. The SMILES string of the molecule is O=C(CCc1ccc(Cl)cc1Cl)Nc1ccc(-c2nnnn2C2CC2)cc1. The molecule has 27 heavy (non-hydrogen) atoms. The van der Waals surface area contributed by atoms with Crippen LogP contribution in [0.15, 0.2) is 42.5 Å². The van der Waals surface area contributed by atoms with Crippen LogP contribution >= 0.6 is 23.2 Å². The predicted octanol–water partition coefficient (Wildman–Crippen LogP) is 4.55. The number of hydrogen-bond donors (Lipinski definition) is 1. The van der Waals surface area contributed by atoms with Gasteiger partial charge < -0.3 is 5.32 Å². The lowest BCUT2D eigenvalue weighted by molar-refractivity contribution is -0.116. The quantitative estimate of drug-likeness (QED) is 0.657. The molecule has 1 amide bonds. The molecule has 1 N–H and O–H groups in total. The van der Waals surface area contributed by atoms with E-state index in [0.717, 1.165) is 35.5 Å². The maximum absolute atomic E-state index is 12.2. The number of carbonyl (C=O) groups is 1. The number of nitrogens with zero attached hydrogens (tertiary/aromatic N) is 4. The second-order valence-corrected chi connectivity index (χ2v) is 7.38. The summed E-state index contributed by atoms with van der Waals surface area (Å²) in [5.41, 5.74) is 2.56. The molecule has 3 aromatic rings. The highest BCUT2D eigenvalue weighted by Crippen LogP contribution is 2.36. The molecule has 0 bridgehead atoms. The first-order chi connectivity index (χ1) is 13.1. The minimum Gasteiger partial charge on any atom is -0.326 e. The number of anilines is 1. The summed E-state index contributed by atoms with van der Waals surface area (Å²) in [4.78, 5) is 12.2. The summed E-state index contributed by atoms with van der Waals surface area (Å²) in [7, 11) is 0. The van der Waals surface area contributed by atoms with Gasteiger partial charge in [0.2, 0.25) is 5.91 Å². The van der Waals surface area contributed by atoms with Crippen molar-refractivity contribution >= 4 is 34.8 Å².